The van der Waals surface area contributed by atoms with Gasteiger partial charge in [-0.05, 0) is 19.1 Å². The van der Waals surface area contributed by atoms with Crippen LogP contribution in [-0.2, 0) is 13.0 Å². The van der Waals surface area contributed by atoms with Crippen LogP contribution in [0.4, 0.5) is 0 Å². The second kappa shape index (κ2) is 5.93. The Morgan fingerprint density at radius 3 is 2.71 bits per heavy atom. The fraction of sp³-hybridized carbons (Fsp3) is 0.350. The Labute approximate surface area is 161 Å². The van der Waals surface area contributed by atoms with Gasteiger partial charge >= 0.3 is 0 Å². The third-order valence-electron chi connectivity index (χ3n) is 5.53. The number of hydrogen-bond donors (Lipinski definition) is 3. The van der Waals surface area contributed by atoms with Crippen molar-refractivity contribution >= 4 is 22.7 Å². The number of fused-ring (bicyclic) bond motifs is 2. The molecule has 0 aliphatic carbocycles. The third kappa shape index (κ3) is 2.68. The Hall–Kier alpha value is -3.13. The number of carbonyl (C=O) groups excluding carboxylic acids is 2. The minimum absolute atomic E-state index is 0.0895. The van der Waals surface area contributed by atoms with Crippen LogP contribution in [0.3, 0.4) is 0 Å². The van der Waals surface area contributed by atoms with E-state index in [1.807, 2.05) is 30.3 Å². The van der Waals surface area contributed by atoms with E-state index in [-0.39, 0.29) is 11.8 Å². The van der Waals surface area contributed by atoms with Crippen LogP contribution in [0, 0.1) is 0 Å². The Kier molecular flexibility index (Phi) is 3.60. The molecular weight excluding hydrogens is 358 g/mol. The van der Waals surface area contributed by atoms with Crippen LogP contribution in [0.15, 0.2) is 30.3 Å². The molecule has 2 aromatic heterocycles. The first-order valence-corrected chi connectivity index (χ1v) is 9.36. The molecule has 0 spiro atoms. The number of β-amino-alcohol motifs (C(OH)–C–C–N with tert-alkyl or cyclic N) is 1. The van der Waals surface area contributed by atoms with Gasteiger partial charge in [-0.2, -0.15) is 5.10 Å². The van der Waals surface area contributed by atoms with Crippen molar-refractivity contribution in [3.8, 4) is 0 Å². The fourth-order valence-electron chi connectivity index (χ4n) is 4.07. The summed E-state index contributed by atoms with van der Waals surface area (Å²) in [4.78, 5) is 32.2. The number of nitrogens with one attached hydrogen (secondary N) is 2. The van der Waals surface area contributed by atoms with Crippen LogP contribution in [-0.4, -0.2) is 67.1 Å². The van der Waals surface area contributed by atoms with Gasteiger partial charge < -0.3 is 19.9 Å². The lowest BCUT2D eigenvalue weighted by atomic mass is 9.95. The largest absolute Gasteiger partial charge is 0.386 e. The quantitative estimate of drug-likeness (QED) is 0.624. The minimum atomic E-state index is -0.830. The smallest absolute Gasteiger partial charge is 0.274 e. The zero-order valence-corrected chi connectivity index (χ0v) is 15.5. The maximum atomic E-state index is 13.0. The Morgan fingerprint density at radius 2 is 1.96 bits per heavy atom. The summed E-state index contributed by atoms with van der Waals surface area (Å²) in [7, 11) is 0. The predicted octanol–water partition coefficient (Wildman–Crippen LogP) is 1.30. The molecule has 1 aromatic carbocycles. The van der Waals surface area contributed by atoms with Crippen LogP contribution >= 0.6 is 0 Å². The number of para-hydroxylation sites is 1. The number of amides is 2. The number of carbonyl (C=O) groups is 2. The van der Waals surface area contributed by atoms with Crippen molar-refractivity contribution in [2.45, 2.75) is 25.5 Å². The molecule has 0 unspecified atom stereocenters. The number of aliphatic hydroxyl groups is 1. The van der Waals surface area contributed by atoms with Gasteiger partial charge in [0.25, 0.3) is 11.8 Å². The van der Waals surface area contributed by atoms with E-state index in [0.29, 0.717) is 44.0 Å². The molecule has 8 heteroatoms. The highest BCUT2D eigenvalue weighted by Gasteiger charge is 2.41. The number of aromatic nitrogens is 3. The lowest BCUT2D eigenvalue weighted by Gasteiger charge is -2.43. The molecule has 0 bridgehead atoms. The number of nitrogens with zero attached hydrogens (tertiary/aromatic N) is 3. The summed E-state index contributed by atoms with van der Waals surface area (Å²) >= 11 is 0. The molecule has 2 aliphatic rings. The Bertz CT molecular complexity index is 1060. The van der Waals surface area contributed by atoms with Gasteiger partial charge in [0, 0.05) is 35.1 Å². The highest BCUT2D eigenvalue weighted by atomic mass is 16.3. The van der Waals surface area contributed by atoms with Crippen LogP contribution in [0.2, 0.25) is 0 Å². The molecule has 2 amide bonds. The van der Waals surface area contributed by atoms with Crippen molar-refractivity contribution < 1.29 is 14.7 Å². The van der Waals surface area contributed by atoms with Gasteiger partial charge in [-0.1, -0.05) is 18.2 Å². The van der Waals surface area contributed by atoms with Crippen molar-refractivity contribution in [1.82, 2.24) is 25.0 Å². The van der Waals surface area contributed by atoms with Gasteiger partial charge in [-0.25, -0.2) is 0 Å². The van der Waals surface area contributed by atoms with Gasteiger partial charge in [0.15, 0.2) is 5.69 Å². The van der Waals surface area contributed by atoms with E-state index in [9.17, 15) is 14.7 Å². The topological polar surface area (TPSA) is 105 Å². The molecule has 0 radical (unpaired) electrons. The van der Waals surface area contributed by atoms with E-state index < -0.39 is 5.60 Å². The number of rotatable bonds is 2. The standard InChI is InChI=1S/C20H21N5O3/c1-20(28)10-25(11-20)19(27)17-13-9-24(7-6-15(13)22-23-17)18(26)16-8-12-4-2-3-5-14(12)21-16/h2-5,8,21,28H,6-7,9-11H2,1H3,(H,22,23). The van der Waals surface area contributed by atoms with Crippen molar-refractivity contribution in [3.63, 3.8) is 0 Å². The minimum Gasteiger partial charge on any atom is -0.386 e. The lowest BCUT2D eigenvalue weighted by molar-refractivity contribution is -0.0671. The average molecular weight is 379 g/mol. The molecule has 28 heavy (non-hydrogen) atoms. The lowest BCUT2D eigenvalue weighted by Crippen LogP contribution is -2.61. The van der Waals surface area contributed by atoms with E-state index in [2.05, 4.69) is 15.2 Å². The number of hydrogen-bond acceptors (Lipinski definition) is 4. The molecule has 1 saturated heterocycles. The zero-order chi connectivity index (χ0) is 19.5. The van der Waals surface area contributed by atoms with Gasteiger partial charge in [-0.15, -0.1) is 0 Å². The molecule has 3 N–H and O–H groups in total. The van der Waals surface area contributed by atoms with Crippen molar-refractivity contribution in [2.75, 3.05) is 19.6 Å². The third-order valence-corrected chi connectivity index (χ3v) is 5.53. The van der Waals surface area contributed by atoms with E-state index in [1.165, 1.54) is 0 Å². The highest BCUT2D eigenvalue weighted by Crippen LogP contribution is 2.27. The van der Waals surface area contributed by atoms with E-state index in [4.69, 9.17) is 0 Å². The molecule has 3 aromatic rings. The summed E-state index contributed by atoms with van der Waals surface area (Å²) in [6, 6.07) is 9.63. The molecule has 4 heterocycles. The molecule has 144 valence electrons. The second-order valence-electron chi connectivity index (χ2n) is 7.93. The maximum absolute atomic E-state index is 13.0. The van der Waals surface area contributed by atoms with E-state index in [1.54, 1.807) is 16.7 Å². The monoisotopic (exact) mass is 379 g/mol. The first kappa shape index (κ1) is 17.0. The van der Waals surface area contributed by atoms with Gasteiger partial charge in [-0.3, -0.25) is 14.7 Å². The second-order valence-corrected chi connectivity index (χ2v) is 7.93. The zero-order valence-electron chi connectivity index (χ0n) is 15.5. The first-order valence-electron chi connectivity index (χ1n) is 9.36. The van der Waals surface area contributed by atoms with Crippen LogP contribution in [0.25, 0.3) is 10.9 Å². The summed E-state index contributed by atoms with van der Waals surface area (Å²) in [5.41, 5.74) is 2.65. The molecule has 2 aliphatic heterocycles. The van der Waals surface area contributed by atoms with E-state index >= 15 is 0 Å². The normalized spacial score (nSPS) is 18.1. The Balaban J connectivity index is 1.38. The van der Waals surface area contributed by atoms with Crippen LogP contribution in [0.1, 0.15) is 39.2 Å². The molecule has 5 rings (SSSR count). The van der Waals surface area contributed by atoms with Crippen molar-refractivity contribution in [2.24, 2.45) is 0 Å². The highest BCUT2D eigenvalue weighted by molar-refractivity contribution is 5.99. The summed E-state index contributed by atoms with van der Waals surface area (Å²) in [5.74, 6) is -0.294. The molecule has 1 fully saturated rings. The number of H-pyrrole nitrogens is 2. The van der Waals surface area contributed by atoms with E-state index in [0.717, 1.165) is 22.2 Å². The average Bonchev–Trinajstić information content (AvgIpc) is 3.28. The Morgan fingerprint density at radius 1 is 1.18 bits per heavy atom. The van der Waals surface area contributed by atoms with Gasteiger partial charge in [0.05, 0.1) is 25.2 Å². The number of aromatic amines is 2. The number of likely N-dealkylation sites (tertiary alicyclic amines) is 1. The van der Waals surface area contributed by atoms with Crippen LogP contribution in [0.5, 0.6) is 0 Å². The van der Waals surface area contributed by atoms with Crippen molar-refractivity contribution in [3.05, 3.63) is 53.0 Å². The SMILES string of the molecule is CC1(O)CN(C(=O)c2n[nH]c3c2CN(C(=O)c2cc4ccccc4[nH]2)CC3)C1. The molecular formula is C20H21N5O3. The van der Waals surface area contributed by atoms with Crippen LogP contribution < -0.4 is 0 Å². The first-order chi connectivity index (χ1) is 13.4. The van der Waals surface area contributed by atoms with Gasteiger partial charge in [0.2, 0.25) is 0 Å². The predicted molar refractivity (Wildman–Crippen MR) is 102 cm³/mol. The summed E-state index contributed by atoms with van der Waals surface area (Å²) in [6.45, 7) is 3.20. The summed E-state index contributed by atoms with van der Waals surface area (Å²) in [6.07, 6.45) is 0.624. The summed E-state index contributed by atoms with van der Waals surface area (Å²) in [5, 5.41) is 18.0. The molecule has 0 atom stereocenters. The fourth-order valence-corrected chi connectivity index (χ4v) is 4.07. The van der Waals surface area contributed by atoms with Gasteiger partial charge in [0.1, 0.15) is 5.69 Å². The summed E-state index contributed by atoms with van der Waals surface area (Å²) < 4.78 is 0. The number of benzene rings is 1. The van der Waals surface area contributed by atoms with Crippen molar-refractivity contribution in [1.29, 1.82) is 0 Å². The molecule has 8 nitrogen and oxygen atoms in total. The maximum Gasteiger partial charge on any atom is 0.274 e. The molecule has 0 saturated carbocycles.